The summed E-state index contributed by atoms with van der Waals surface area (Å²) < 4.78 is 3.25. The van der Waals surface area contributed by atoms with Gasteiger partial charge in [-0.05, 0) is 33.5 Å². The van der Waals surface area contributed by atoms with Crippen LogP contribution in [-0.4, -0.2) is 35.0 Å². The molecule has 8 nitrogen and oxygen atoms in total. The Morgan fingerprint density at radius 2 is 1.88 bits per heavy atom. The van der Waals surface area contributed by atoms with Crippen LogP contribution in [0, 0.1) is 12.3 Å². The van der Waals surface area contributed by atoms with E-state index in [4.69, 9.17) is 6.42 Å². The second kappa shape index (κ2) is 9.88. The van der Waals surface area contributed by atoms with Gasteiger partial charge in [-0.25, -0.2) is 14.6 Å². The number of aryl methyl sites for hydroxylation is 2. The summed E-state index contributed by atoms with van der Waals surface area (Å²) in [4.78, 5) is 12.9. The zero-order chi connectivity index (χ0) is 22.3. The molecule has 4 aromatic rings. The maximum atomic E-state index is 12.9. The van der Waals surface area contributed by atoms with Crippen molar-refractivity contribution in [3.8, 4) is 34.9 Å². The molecule has 0 bridgehead atoms. The molecular formula is C24H25N7O. The third-order valence-corrected chi connectivity index (χ3v) is 5.35. The summed E-state index contributed by atoms with van der Waals surface area (Å²) in [7, 11) is 0. The maximum absolute atomic E-state index is 12.9. The Labute approximate surface area is 186 Å². The highest BCUT2D eigenvalue weighted by atomic mass is 16.2. The van der Waals surface area contributed by atoms with Crippen molar-refractivity contribution in [2.24, 2.45) is 0 Å². The van der Waals surface area contributed by atoms with Gasteiger partial charge >= 0.3 is 5.69 Å². The fraction of sp³-hybridized carbons (Fsp3) is 0.292. The van der Waals surface area contributed by atoms with E-state index >= 15 is 0 Å². The standard InChI is InChI=1S/C24H25N7O/c1-3-5-11-22-27-31(16-6-4-2)24(32)30(22)17-18-12-14-19(15-13-18)20-9-7-8-10-21(20)23-25-28-29-26-23/h2,7-10,12-15H,3,5-6,11,16-17H2,1H3,(H,25,26,28,29). The van der Waals surface area contributed by atoms with Crippen LogP contribution < -0.4 is 5.69 Å². The van der Waals surface area contributed by atoms with Crippen molar-refractivity contribution in [2.45, 2.75) is 45.7 Å². The van der Waals surface area contributed by atoms with Gasteiger partial charge in [-0.2, -0.15) is 5.10 Å². The van der Waals surface area contributed by atoms with Gasteiger partial charge in [-0.1, -0.05) is 61.9 Å². The van der Waals surface area contributed by atoms with Crippen LogP contribution in [0.5, 0.6) is 0 Å². The Hall–Kier alpha value is -3.99. The van der Waals surface area contributed by atoms with Gasteiger partial charge in [0.1, 0.15) is 5.82 Å². The molecular weight excluding hydrogens is 402 g/mol. The van der Waals surface area contributed by atoms with Gasteiger partial charge in [-0.15, -0.1) is 17.4 Å². The molecule has 2 heterocycles. The van der Waals surface area contributed by atoms with Crippen molar-refractivity contribution in [1.29, 1.82) is 0 Å². The first kappa shape index (κ1) is 21.2. The molecule has 2 aromatic heterocycles. The molecule has 0 fully saturated rings. The van der Waals surface area contributed by atoms with Crippen molar-refractivity contribution in [3.63, 3.8) is 0 Å². The zero-order valence-electron chi connectivity index (χ0n) is 18.0. The highest BCUT2D eigenvalue weighted by Gasteiger charge is 2.14. The number of hydrogen-bond donors (Lipinski definition) is 1. The quantitative estimate of drug-likeness (QED) is 0.414. The van der Waals surface area contributed by atoms with Crippen molar-refractivity contribution < 1.29 is 0 Å². The minimum Gasteiger partial charge on any atom is -0.274 e. The number of rotatable bonds is 9. The number of tetrazole rings is 1. The fourth-order valence-corrected chi connectivity index (χ4v) is 3.67. The van der Waals surface area contributed by atoms with Gasteiger partial charge in [0.25, 0.3) is 0 Å². The summed E-state index contributed by atoms with van der Waals surface area (Å²) in [5, 5.41) is 18.8. The lowest BCUT2D eigenvalue weighted by Crippen LogP contribution is -2.26. The molecule has 0 aliphatic carbocycles. The highest BCUT2D eigenvalue weighted by molar-refractivity contribution is 5.80. The lowest BCUT2D eigenvalue weighted by atomic mass is 9.98. The number of terminal acetylenes is 1. The second-order valence-electron chi connectivity index (χ2n) is 7.56. The Morgan fingerprint density at radius 3 is 2.56 bits per heavy atom. The Morgan fingerprint density at radius 1 is 1.09 bits per heavy atom. The molecule has 0 saturated carbocycles. The Balaban J connectivity index is 1.61. The van der Waals surface area contributed by atoms with E-state index in [9.17, 15) is 4.79 Å². The van der Waals surface area contributed by atoms with Crippen molar-refractivity contribution >= 4 is 0 Å². The SMILES string of the molecule is C#CCCn1nc(CCCC)n(Cc2ccc(-c3ccccc3-c3nnn[nH]3)cc2)c1=O. The summed E-state index contributed by atoms with van der Waals surface area (Å²) in [6, 6.07) is 16.2. The molecule has 162 valence electrons. The van der Waals surface area contributed by atoms with Gasteiger partial charge in [0.15, 0.2) is 5.82 Å². The molecule has 4 rings (SSSR count). The van der Waals surface area contributed by atoms with Crippen LogP contribution in [0.15, 0.2) is 53.3 Å². The van der Waals surface area contributed by atoms with Crippen LogP contribution in [0.4, 0.5) is 0 Å². The van der Waals surface area contributed by atoms with Gasteiger partial charge in [0.05, 0.1) is 13.1 Å². The van der Waals surface area contributed by atoms with Gasteiger partial charge < -0.3 is 0 Å². The number of aromatic nitrogens is 7. The van der Waals surface area contributed by atoms with E-state index in [0.29, 0.717) is 25.3 Å². The van der Waals surface area contributed by atoms with E-state index in [1.165, 1.54) is 4.68 Å². The molecule has 0 spiro atoms. The lowest BCUT2D eigenvalue weighted by molar-refractivity contribution is 0.591. The van der Waals surface area contributed by atoms with Crippen molar-refractivity contribution in [2.75, 3.05) is 0 Å². The monoisotopic (exact) mass is 427 g/mol. The normalized spacial score (nSPS) is 10.9. The summed E-state index contributed by atoms with van der Waals surface area (Å²) in [6.07, 6.45) is 8.65. The molecule has 0 unspecified atom stereocenters. The minimum atomic E-state index is -0.112. The van der Waals surface area contributed by atoms with Crippen LogP contribution in [-0.2, 0) is 19.5 Å². The first-order valence-electron chi connectivity index (χ1n) is 10.7. The minimum absolute atomic E-state index is 0.112. The molecule has 0 saturated heterocycles. The molecule has 32 heavy (non-hydrogen) atoms. The third kappa shape index (κ3) is 4.52. The van der Waals surface area contributed by atoms with Crippen molar-refractivity contribution in [3.05, 3.63) is 70.4 Å². The molecule has 1 N–H and O–H groups in total. The molecule has 8 heteroatoms. The molecule has 0 aliphatic heterocycles. The highest BCUT2D eigenvalue weighted by Crippen LogP contribution is 2.29. The third-order valence-electron chi connectivity index (χ3n) is 5.35. The number of unbranched alkanes of at least 4 members (excludes halogenated alkanes) is 1. The summed E-state index contributed by atoms with van der Waals surface area (Å²) in [6.45, 7) is 3.04. The van der Waals surface area contributed by atoms with Crippen LogP contribution >= 0.6 is 0 Å². The molecule has 0 radical (unpaired) electrons. The van der Waals surface area contributed by atoms with E-state index in [2.05, 4.69) is 50.7 Å². The largest absolute Gasteiger partial charge is 0.346 e. The number of hydrogen-bond acceptors (Lipinski definition) is 5. The molecule has 0 aliphatic rings. The smallest absolute Gasteiger partial charge is 0.274 e. The predicted molar refractivity (Wildman–Crippen MR) is 123 cm³/mol. The number of nitrogens with zero attached hydrogens (tertiary/aromatic N) is 6. The van der Waals surface area contributed by atoms with Crippen LogP contribution in [0.25, 0.3) is 22.5 Å². The van der Waals surface area contributed by atoms with Gasteiger partial charge in [-0.3, -0.25) is 4.57 Å². The summed E-state index contributed by atoms with van der Waals surface area (Å²) >= 11 is 0. The van der Waals surface area contributed by atoms with Gasteiger partial charge in [0, 0.05) is 18.4 Å². The average Bonchev–Trinajstić information content (AvgIpc) is 3.46. The number of H-pyrrole nitrogens is 1. The average molecular weight is 428 g/mol. The summed E-state index contributed by atoms with van der Waals surface area (Å²) in [5.74, 6) is 4.01. The second-order valence-corrected chi connectivity index (χ2v) is 7.56. The first-order valence-corrected chi connectivity index (χ1v) is 10.7. The molecule has 0 amide bonds. The summed E-state index contributed by atoms with van der Waals surface area (Å²) in [5.41, 5.74) is 3.92. The van der Waals surface area contributed by atoms with E-state index in [-0.39, 0.29) is 5.69 Å². The van der Waals surface area contributed by atoms with E-state index in [1.807, 2.05) is 36.4 Å². The molecule has 2 aromatic carbocycles. The van der Waals surface area contributed by atoms with Crippen molar-refractivity contribution in [1.82, 2.24) is 35.0 Å². The Kier molecular flexibility index (Phi) is 6.56. The lowest BCUT2D eigenvalue weighted by Gasteiger charge is -2.09. The topological polar surface area (TPSA) is 94.3 Å². The fourth-order valence-electron chi connectivity index (χ4n) is 3.67. The number of benzene rings is 2. The first-order chi connectivity index (χ1) is 15.7. The van der Waals surface area contributed by atoms with E-state index < -0.39 is 0 Å². The van der Waals surface area contributed by atoms with Crippen LogP contribution in [0.3, 0.4) is 0 Å². The van der Waals surface area contributed by atoms with Crippen LogP contribution in [0.1, 0.15) is 37.6 Å². The van der Waals surface area contributed by atoms with E-state index in [1.54, 1.807) is 4.57 Å². The van der Waals surface area contributed by atoms with Gasteiger partial charge in [0.2, 0.25) is 0 Å². The maximum Gasteiger partial charge on any atom is 0.346 e. The Bertz CT molecular complexity index is 1260. The number of aromatic amines is 1. The zero-order valence-corrected chi connectivity index (χ0v) is 18.0. The predicted octanol–water partition coefficient (Wildman–Crippen LogP) is 3.31. The molecule has 0 atom stereocenters. The van der Waals surface area contributed by atoms with E-state index in [0.717, 1.165) is 47.3 Å². The van der Waals surface area contributed by atoms with Crippen LogP contribution in [0.2, 0.25) is 0 Å². The number of nitrogens with one attached hydrogen (secondary N) is 1.